The number of rotatable bonds is 3. The van der Waals surface area contributed by atoms with Gasteiger partial charge in [-0.1, -0.05) is 18.2 Å². The van der Waals surface area contributed by atoms with E-state index in [1.54, 1.807) is 0 Å². The number of aromatic nitrogens is 2. The highest BCUT2D eigenvalue weighted by Gasteiger charge is 2.36. The molecule has 1 unspecified atom stereocenters. The summed E-state index contributed by atoms with van der Waals surface area (Å²) in [6, 6.07) is 7.94. The quantitative estimate of drug-likeness (QED) is 0.944. The zero-order valence-corrected chi connectivity index (χ0v) is 12.2. The van der Waals surface area contributed by atoms with Gasteiger partial charge >= 0.3 is 0 Å². The Morgan fingerprint density at radius 3 is 2.71 bits per heavy atom. The molecule has 0 amide bonds. The summed E-state index contributed by atoms with van der Waals surface area (Å²) in [5.74, 6) is -2.32. The van der Waals surface area contributed by atoms with E-state index >= 15 is 0 Å². The van der Waals surface area contributed by atoms with Crippen molar-refractivity contribution in [1.29, 1.82) is 0 Å². The first-order valence-electron chi connectivity index (χ1n) is 7.50. The molecule has 1 aromatic heterocycles. The largest absolute Gasteiger partial charge is 0.327 e. The Labute approximate surface area is 123 Å². The van der Waals surface area contributed by atoms with Gasteiger partial charge in [0, 0.05) is 37.7 Å². The first-order chi connectivity index (χ1) is 9.96. The minimum atomic E-state index is -2.49. The van der Waals surface area contributed by atoms with E-state index in [9.17, 15) is 8.78 Å². The fraction of sp³-hybridized carbons (Fsp3) is 0.562. The van der Waals surface area contributed by atoms with Crippen LogP contribution in [0.15, 0.2) is 24.3 Å². The molecule has 1 aliphatic rings. The van der Waals surface area contributed by atoms with Gasteiger partial charge in [0.2, 0.25) is 5.92 Å². The molecule has 1 heterocycles. The van der Waals surface area contributed by atoms with Gasteiger partial charge in [-0.3, -0.25) is 4.68 Å². The van der Waals surface area contributed by atoms with E-state index < -0.39 is 5.92 Å². The lowest BCUT2D eigenvalue weighted by Crippen LogP contribution is -2.37. The van der Waals surface area contributed by atoms with Crippen molar-refractivity contribution in [3.8, 4) is 0 Å². The molecule has 0 spiro atoms. The Bertz CT molecular complexity index is 625. The smallest absolute Gasteiger partial charge is 0.248 e. The molecule has 114 valence electrons. The van der Waals surface area contributed by atoms with Crippen molar-refractivity contribution in [1.82, 2.24) is 9.78 Å². The molecule has 3 rings (SSSR count). The summed E-state index contributed by atoms with van der Waals surface area (Å²) in [5.41, 5.74) is 8.32. The fourth-order valence-electron chi connectivity index (χ4n) is 3.32. The first-order valence-corrected chi connectivity index (χ1v) is 7.50. The van der Waals surface area contributed by atoms with Crippen molar-refractivity contribution in [2.45, 2.75) is 44.1 Å². The van der Waals surface area contributed by atoms with Crippen molar-refractivity contribution in [2.75, 3.05) is 0 Å². The lowest BCUT2D eigenvalue weighted by Gasteiger charge is -2.31. The molecule has 2 N–H and O–H groups in total. The highest BCUT2D eigenvalue weighted by atomic mass is 19.3. The highest BCUT2D eigenvalue weighted by Crippen LogP contribution is 2.37. The van der Waals surface area contributed by atoms with Gasteiger partial charge in [0.15, 0.2) is 0 Å². The van der Waals surface area contributed by atoms with E-state index in [2.05, 4.69) is 5.10 Å². The molecule has 0 saturated heterocycles. The van der Waals surface area contributed by atoms with E-state index in [0.29, 0.717) is 19.3 Å². The van der Waals surface area contributed by atoms with Gasteiger partial charge in [-0.15, -0.1) is 0 Å². The SMILES string of the molecule is Cn1nc(CC(N)C2CCC(F)(F)CC2)c2ccccc21. The predicted molar refractivity (Wildman–Crippen MR) is 79.3 cm³/mol. The molecule has 3 nitrogen and oxygen atoms in total. The number of hydrogen-bond donors (Lipinski definition) is 1. The van der Waals surface area contributed by atoms with Crippen LogP contribution in [0.3, 0.4) is 0 Å². The van der Waals surface area contributed by atoms with Crippen LogP contribution in [-0.2, 0) is 13.5 Å². The number of benzene rings is 1. The maximum absolute atomic E-state index is 13.2. The van der Waals surface area contributed by atoms with Crippen molar-refractivity contribution in [2.24, 2.45) is 18.7 Å². The van der Waals surface area contributed by atoms with Crippen molar-refractivity contribution in [3.63, 3.8) is 0 Å². The van der Waals surface area contributed by atoms with Crippen LogP contribution in [0.4, 0.5) is 8.78 Å². The number of fused-ring (bicyclic) bond motifs is 1. The van der Waals surface area contributed by atoms with Crippen LogP contribution < -0.4 is 5.73 Å². The van der Waals surface area contributed by atoms with Gasteiger partial charge in [0.05, 0.1) is 11.2 Å². The lowest BCUT2D eigenvalue weighted by atomic mass is 9.81. The van der Waals surface area contributed by atoms with E-state index in [1.807, 2.05) is 36.0 Å². The van der Waals surface area contributed by atoms with Crippen LogP contribution >= 0.6 is 0 Å². The monoisotopic (exact) mass is 293 g/mol. The molecule has 0 radical (unpaired) electrons. The number of para-hydroxylation sites is 1. The number of nitrogens with zero attached hydrogens (tertiary/aromatic N) is 2. The summed E-state index contributed by atoms with van der Waals surface area (Å²) in [5, 5.41) is 5.65. The summed E-state index contributed by atoms with van der Waals surface area (Å²) in [6.07, 6.45) is 1.61. The van der Waals surface area contributed by atoms with Crippen molar-refractivity contribution < 1.29 is 8.78 Å². The van der Waals surface area contributed by atoms with Crippen LogP contribution in [0.25, 0.3) is 10.9 Å². The second-order valence-electron chi connectivity index (χ2n) is 6.15. The Morgan fingerprint density at radius 1 is 1.33 bits per heavy atom. The molecule has 5 heteroatoms. The van der Waals surface area contributed by atoms with Gasteiger partial charge < -0.3 is 5.73 Å². The molecule has 1 atom stereocenters. The van der Waals surface area contributed by atoms with Crippen molar-refractivity contribution >= 4 is 10.9 Å². The zero-order chi connectivity index (χ0) is 15.0. The van der Waals surface area contributed by atoms with Gasteiger partial charge in [-0.2, -0.15) is 5.10 Å². The summed E-state index contributed by atoms with van der Waals surface area (Å²) in [4.78, 5) is 0. The summed E-state index contributed by atoms with van der Waals surface area (Å²) >= 11 is 0. The molecular formula is C16H21F2N3. The molecule has 0 aliphatic heterocycles. The summed E-state index contributed by atoms with van der Waals surface area (Å²) in [6.45, 7) is 0. The molecule has 0 bridgehead atoms. The van der Waals surface area contributed by atoms with Crippen LogP contribution in [0.5, 0.6) is 0 Å². The maximum Gasteiger partial charge on any atom is 0.248 e. The zero-order valence-electron chi connectivity index (χ0n) is 12.2. The first kappa shape index (κ1) is 14.4. The maximum atomic E-state index is 13.2. The molecular weight excluding hydrogens is 272 g/mol. The molecule has 21 heavy (non-hydrogen) atoms. The molecule has 1 aliphatic carbocycles. The average molecular weight is 293 g/mol. The fourth-order valence-corrected chi connectivity index (χ4v) is 3.32. The Kier molecular flexibility index (Phi) is 3.69. The van der Waals surface area contributed by atoms with E-state index in [4.69, 9.17) is 5.73 Å². The Morgan fingerprint density at radius 2 is 2.00 bits per heavy atom. The normalized spacial score (nSPS) is 20.8. The van der Waals surface area contributed by atoms with Gasteiger partial charge in [-0.25, -0.2) is 8.78 Å². The van der Waals surface area contributed by atoms with Crippen LogP contribution in [0, 0.1) is 5.92 Å². The molecule has 1 aromatic carbocycles. The lowest BCUT2D eigenvalue weighted by molar-refractivity contribution is -0.0481. The Hall–Kier alpha value is -1.49. The van der Waals surface area contributed by atoms with E-state index in [1.165, 1.54) is 0 Å². The third-order valence-electron chi connectivity index (χ3n) is 4.63. The van der Waals surface area contributed by atoms with Crippen LogP contribution in [-0.4, -0.2) is 21.7 Å². The van der Waals surface area contributed by atoms with Gasteiger partial charge in [0.1, 0.15) is 0 Å². The second kappa shape index (κ2) is 5.37. The van der Waals surface area contributed by atoms with E-state index in [-0.39, 0.29) is 24.8 Å². The van der Waals surface area contributed by atoms with E-state index in [0.717, 1.165) is 16.6 Å². The van der Waals surface area contributed by atoms with Crippen LogP contribution in [0.2, 0.25) is 0 Å². The topological polar surface area (TPSA) is 43.8 Å². The van der Waals surface area contributed by atoms with Gasteiger partial charge in [-0.05, 0) is 24.8 Å². The molecule has 1 fully saturated rings. The minimum absolute atomic E-state index is 0.0334. The average Bonchev–Trinajstić information content (AvgIpc) is 2.76. The summed E-state index contributed by atoms with van der Waals surface area (Å²) in [7, 11) is 1.92. The van der Waals surface area contributed by atoms with Crippen LogP contribution in [0.1, 0.15) is 31.4 Å². The molecule has 1 saturated carbocycles. The second-order valence-corrected chi connectivity index (χ2v) is 6.15. The number of nitrogens with two attached hydrogens (primary N) is 1. The number of alkyl halides is 2. The number of aryl methyl sites for hydroxylation is 1. The number of hydrogen-bond acceptors (Lipinski definition) is 2. The summed E-state index contributed by atoms with van der Waals surface area (Å²) < 4.78 is 28.3. The third-order valence-corrected chi connectivity index (χ3v) is 4.63. The Balaban J connectivity index is 1.73. The van der Waals surface area contributed by atoms with Gasteiger partial charge in [0.25, 0.3) is 0 Å². The highest BCUT2D eigenvalue weighted by molar-refractivity contribution is 5.81. The third kappa shape index (κ3) is 2.93. The standard InChI is InChI=1S/C16H21F2N3/c1-21-15-5-3-2-4-12(15)14(20-21)10-13(19)11-6-8-16(17,18)9-7-11/h2-5,11,13H,6-10,19H2,1H3. The minimum Gasteiger partial charge on any atom is -0.327 e. The molecule has 2 aromatic rings. The van der Waals surface area contributed by atoms with Crippen molar-refractivity contribution in [3.05, 3.63) is 30.0 Å². The number of halogens is 2. The predicted octanol–water partition coefficient (Wildman–Crippen LogP) is 3.27.